The van der Waals surface area contributed by atoms with Gasteiger partial charge in [0.25, 0.3) is 0 Å². The van der Waals surface area contributed by atoms with Crippen molar-refractivity contribution in [2.45, 2.75) is 19.6 Å². The van der Waals surface area contributed by atoms with Crippen LogP contribution in [0.3, 0.4) is 0 Å². The van der Waals surface area contributed by atoms with Gasteiger partial charge in [0, 0.05) is 31.3 Å². The van der Waals surface area contributed by atoms with Crippen LogP contribution in [0.5, 0.6) is 0 Å². The normalized spacial score (nSPS) is 15.9. The summed E-state index contributed by atoms with van der Waals surface area (Å²) in [5, 5.41) is 10.4. The molecule has 0 radical (unpaired) electrons. The van der Waals surface area contributed by atoms with Crippen molar-refractivity contribution in [3.05, 3.63) is 82.9 Å². The van der Waals surface area contributed by atoms with Gasteiger partial charge in [-0.25, -0.2) is 13.8 Å². The molecule has 0 amide bonds. The van der Waals surface area contributed by atoms with E-state index in [0.29, 0.717) is 30.2 Å². The number of halogens is 2. The van der Waals surface area contributed by atoms with Gasteiger partial charge in [-0.15, -0.1) is 0 Å². The van der Waals surface area contributed by atoms with Crippen LogP contribution in [-0.4, -0.2) is 57.6 Å². The van der Waals surface area contributed by atoms with Crippen LogP contribution in [0.25, 0.3) is 22.6 Å². The van der Waals surface area contributed by atoms with E-state index in [-0.39, 0.29) is 11.4 Å². The van der Waals surface area contributed by atoms with Crippen LogP contribution < -0.4 is 0 Å². The number of ether oxygens (including phenoxy) is 1. The minimum Gasteiger partial charge on any atom is -0.379 e. The fourth-order valence-corrected chi connectivity index (χ4v) is 4.42. The summed E-state index contributed by atoms with van der Waals surface area (Å²) in [5.41, 5.74) is 4.43. The first-order valence-electron chi connectivity index (χ1n) is 11.8. The number of hydrazone groups is 1. The number of nitrogens with one attached hydrogen (secondary N) is 1. The standard InChI is InChI=1S/C26H24F2N6O2/c27-21-3-1-2-20(25(21)28)26-30-23-13-29-34(16-24(23)31-26)15-19-12-22(32-36-19)18-6-4-17(5-7-18)14-33-8-10-35-11-9-33/h1-7,12-13H,8-11,14-16H2,(H,30,31). The van der Waals surface area contributed by atoms with E-state index in [9.17, 15) is 8.78 Å². The van der Waals surface area contributed by atoms with Crippen LogP contribution in [0.2, 0.25) is 0 Å². The molecule has 6 rings (SSSR count). The fraction of sp³-hybridized carbons (Fsp3) is 0.269. The minimum atomic E-state index is -0.930. The summed E-state index contributed by atoms with van der Waals surface area (Å²) in [6.45, 7) is 5.18. The molecule has 0 saturated carbocycles. The van der Waals surface area contributed by atoms with Gasteiger partial charge in [0.15, 0.2) is 17.4 Å². The summed E-state index contributed by atoms with van der Waals surface area (Å²) in [5.74, 6) is -0.912. The molecule has 2 aliphatic heterocycles. The van der Waals surface area contributed by atoms with Crippen LogP contribution in [0, 0.1) is 11.6 Å². The van der Waals surface area contributed by atoms with Crippen molar-refractivity contribution in [2.75, 3.05) is 26.3 Å². The smallest absolute Gasteiger partial charge is 0.169 e. The third kappa shape index (κ3) is 4.65. The van der Waals surface area contributed by atoms with Crippen LogP contribution in [-0.2, 0) is 24.4 Å². The van der Waals surface area contributed by atoms with Crippen LogP contribution in [0.1, 0.15) is 22.7 Å². The van der Waals surface area contributed by atoms with Crippen LogP contribution in [0.15, 0.2) is 58.2 Å². The second-order valence-corrected chi connectivity index (χ2v) is 8.88. The lowest BCUT2D eigenvalue weighted by atomic mass is 10.1. The van der Waals surface area contributed by atoms with E-state index < -0.39 is 11.6 Å². The zero-order chi connectivity index (χ0) is 24.5. The van der Waals surface area contributed by atoms with Gasteiger partial charge in [-0.1, -0.05) is 35.5 Å². The lowest BCUT2D eigenvalue weighted by Gasteiger charge is -2.26. The number of morpholine rings is 1. The van der Waals surface area contributed by atoms with Gasteiger partial charge in [-0.2, -0.15) is 5.10 Å². The van der Waals surface area contributed by atoms with Crippen LogP contribution >= 0.6 is 0 Å². The number of aromatic amines is 1. The highest BCUT2D eigenvalue weighted by Gasteiger charge is 2.21. The quantitative estimate of drug-likeness (QED) is 0.437. The minimum absolute atomic E-state index is 0.0835. The van der Waals surface area contributed by atoms with Crippen molar-refractivity contribution in [2.24, 2.45) is 5.10 Å². The molecule has 1 fully saturated rings. The second kappa shape index (κ2) is 9.63. The van der Waals surface area contributed by atoms with Gasteiger partial charge in [0.1, 0.15) is 11.5 Å². The Kier molecular flexibility index (Phi) is 6.04. The van der Waals surface area contributed by atoms with Gasteiger partial charge < -0.3 is 14.2 Å². The average molecular weight is 491 g/mol. The molecule has 1 saturated heterocycles. The number of H-pyrrole nitrogens is 1. The molecule has 4 aromatic rings. The molecule has 0 unspecified atom stereocenters. The van der Waals surface area contributed by atoms with Gasteiger partial charge >= 0.3 is 0 Å². The van der Waals surface area contributed by atoms with Crippen molar-refractivity contribution >= 4 is 6.21 Å². The predicted octanol–water partition coefficient (Wildman–Crippen LogP) is 4.19. The Morgan fingerprint density at radius 1 is 1.00 bits per heavy atom. The van der Waals surface area contributed by atoms with Crippen molar-refractivity contribution in [3.8, 4) is 22.6 Å². The number of imidazole rings is 1. The van der Waals surface area contributed by atoms with E-state index in [2.05, 4.69) is 49.4 Å². The zero-order valence-electron chi connectivity index (χ0n) is 19.5. The first-order chi connectivity index (χ1) is 17.6. The van der Waals surface area contributed by atoms with Gasteiger partial charge in [-0.3, -0.25) is 9.91 Å². The maximum atomic E-state index is 14.2. The molecule has 0 atom stereocenters. The molecular formula is C26H24F2N6O2. The number of rotatable bonds is 6. The molecule has 1 N–H and O–H groups in total. The summed E-state index contributed by atoms with van der Waals surface area (Å²) in [6.07, 6.45) is 1.62. The molecule has 2 aromatic heterocycles. The molecule has 2 aromatic carbocycles. The third-order valence-electron chi connectivity index (χ3n) is 6.36. The van der Waals surface area contributed by atoms with Crippen LogP contribution in [0.4, 0.5) is 8.78 Å². The summed E-state index contributed by atoms with van der Waals surface area (Å²) in [7, 11) is 0. The Hall–Kier alpha value is -3.89. The van der Waals surface area contributed by atoms with E-state index in [1.165, 1.54) is 17.7 Å². The first kappa shape index (κ1) is 22.6. The Labute approximate surface area is 206 Å². The monoisotopic (exact) mass is 490 g/mol. The molecule has 0 bridgehead atoms. The molecule has 0 spiro atoms. The number of benzene rings is 2. The Morgan fingerprint density at radius 3 is 2.67 bits per heavy atom. The number of hydrogen-bond donors (Lipinski definition) is 1. The average Bonchev–Trinajstić information content (AvgIpc) is 3.54. The SMILES string of the molecule is Fc1cccc(-c2nc3c([nH]2)C=NN(Cc2cc(-c4ccc(CN5CCOCC5)cc4)no2)C3)c1F. The number of fused-ring (bicyclic) bond motifs is 1. The highest BCUT2D eigenvalue weighted by atomic mass is 19.2. The van der Waals surface area contributed by atoms with E-state index in [1.807, 2.05) is 6.07 Å². The van der Waals surface area contributed by atoms with E-state index in [4.69, 9.17) is 9.26 Å². The summed E-state index contributed by atoms with van der Waals surface area (Å²) < 4.78 is 38.8. The van der Waals surface area contributed by atoms with Crippen molar-refractivity contribution in [1.82, 2.24) is 25.0 Å². The maximum Gasteiger partial charge on any atom is 0.169 e. The van der Waals surface area contributed by atoms with Crippen molar-refractivity contribution in [1.29, 1.82) is 0 Å². The summed E-state index contributed by atoms with van der Waals surface area (Å²) in [6, 6.07) is 14.3. The highest BCUT2D eigenvalue weighted by Crippen LogP contribution is 2.26. The Bertz CT molecular complexity index is 1390. The second-order valence-electron chi connectivity index (χ2n) is 8.88. The number of hydrogen-bond acceptors (Lipinski definition) is 7. The zero-order valence-corrected chi connectivity index (χ0v) is 19.5. The Balaban J connectivity index is 1.10. The molecule has 8 nitrogen and oxygen atoms in total. The molecule has 184 valence electrons. The molecular weight excluding hydrogens is 466 g/mol. The molecule has 0 aliphatic carbocycles. The molecule has 36 heavy (non-hydrogen) atoms. The van der Waals surface area contributed by atoms with Gasteiger partial charge in [0.05, 0.1) is 49.5 Å². The molecule has 2 aliphatic rings. The molecule has 4 heterocycles. The lowest BCUT2D eigenvalue weighted by molar-refractivity contribution is 0.0342. The molecule has 10 heteroatoms. The van der Waals surface area contributed by atoms with Crippen molar-refractivity contribution in [3.63, 3.8) is 0 Å². The largest absolute Gasteiger partial charge is 0.379 e. The third-order valence-corrected chi connectivity index (χ3v) is 6.36. The lowest BCUT2D eigenvalue weighted by Crippen LogP contribution is -2.35. The van der Waals surface area contributed by atoms with E-state index >= 15 is 0 Å². The predicted molar refractivity (Wildman–Crippen MR) is 129 cm³/mol. The maximum absolute atomic E-state index is 14.2. The van der Waals surface area contributed by atoms with Crippen molar-refractivity contribution < 1.29 is 18.0 Å². The van der Waals surface area contributed by atoms with Gasteiger partial charge in [-0.05, 0) is 17.7 Å². The number of nitrogens with zero attached hydrogens (tertiary/aromatic N) is 5. The van der Waals surface area contributed by atoms with E-state index in [1.54, 1.807) is 11.2 Å². The highest BCUT2D eigenvalue weighted by molar-refractivity contribution is 5.80. The number of aromatic nitrogens is 3. The van der Waals surface area contributed by atoms with E-state index in [0.717, 1.165) is 50.2 Å². The summed E-state index contributed by atoms with van der Waals surface area (Å²) >= 11 is 0. The van der Waals surface area contributed by atoms with Gasteiger partial charge in [0.2, 0.25) is 0 Å². The first-order valence-corrected chi connectivity index (χ1v) is 11.8. The Morgan fingerprint density at radius 2 is 1.83 bits per heavy atom. The fourth-order valence-electron chi connectivity index (χ4n) is 4.42. The topological polar surface area (TPSA) is 82.8 Å². The summed E-state index contributed by atoms with van der Waals surface area (Å²) in [4.78, 5) is 9.87.